The smallest absolute Gasteiger partial charge is 0.190 e. The van der Waals surface area contributed by atoms with Crippen molar-refractivity contribution in [3.63, 3.8) is 0 Å². The van der Waals surface area contributed by atoms with Crippen LogP contribution in [0.3, 0.4) is 0 Å². The maximum absolute atomic E-state index is 4.51. The highest BCUT2D eigenvalue weighted by molar-refractivity contribution is 14.0. The van der Waals surface area contributed by atoms with E-state index in [-0.39, 0.29) is 24.0 Å². The van der Waals surface area contributed by atoms with E-state index >= 15 is 0 Å². The third-order valence-electron chi connectivity index (χ3n) is 4.21. The minimum Gasteiger partial charge on any atom is -0.356 e. The molecule has 1 aromatic rings. The van der Waals surface area contributed by atoms with Gasteiger partial charge < -0.3 is 10.6 Å². The topological polar surface area (TPSA) is 52.6 Å². The van der Waals surface area contributed by atoms with Crippen LogP contribution in [0.15, 0.2) is 10.4 Å². The Morgan fingerprint density at radius 3 is 2.23 bits per heavy atom. The molecule has 0 spiro atoms. The van der Waals surface area contributed by atoms with E-state index in [4.69, 9.17) is 0 Å². The molecule has 0 unspecified atom stereocenters. The van der Waals surface area contributed by atoms with Crippen LogP contribution >= 0.6 is 35.3 Å². The van der Waals surface area contributed by atoms with E-state index in [9.17, 15) is 0 Å². The van der Waals surface area contributed by atoms with Gasteiger partial charge in [0.2, 0.25) is 0 Å². The first kappa shape index (κ1) is 25.6. The maximum atomic E-state index is 4.51. The summed E-state index contributed by atoms with van der Waals surface area (Å²) < 4.78 is 0. The second-order valence-electron chi connectivity index (χ2n) is 7.04. The zero-order valence-corrected chi connectivity index (χ0v) is 20.5. The quantitative estimate of drug-likeness (QED) is 0.210. The van der Waals surface area contributed by atoms with Crippen LogP contribution in [-0.4, -0.2) is 54.6 Å². The van der Waals surface area contributed by atoms with Gasteiger partial charge in [0.1, 0.15) is 0 Å². The lowest BCUT2D eigenvalue weighted by atomic mass is 10.2. The van der Waals surface area contributed by atoms with E-state index in [1.54, 1.807) is 11.3 Å². The Kier molecular flexibility index (Phi) is 14.4. The minimum absolute atomic E-state index is 0. The number of hydrogen-bond donors (Lipinski definition) is 2. The molecule has 0 aliphatic rings. The minimum atomic E-state index is 0. The van der Waals surface area contributed by atoms with Gasteiger partial charge in [0.15, 0.2) is 5.96 Å². The highest BCUT2D eigenvalue weighted by Gasteiger charge is 2.12. The first-order valence-electron chi connectivity index (χ1n) is 9.55. The maximum Gasteiger partial charge on any atom is 0.190 e. The Balaban J connectivity index is 0.00000625. The summed E-state index contributed by atoms with van der Waals surface area (Å²) in [4.78, 5) is 11.3. The number of aromatic nitrogens is 1. The number of aliphatic imine (C=N–C) groups is 1. The lowest BCUT2D eigenvalue weighted by Gasteiger charge is -2.30. The molecule has 1 heterocycles. The van der Waals surface area contributed by atoms with Crippen molar-refractivity contribution in [2.24, 2.45) is 4.99 Å². The number of guanidine groups is 1. The van der Waals surface area contributed by atoms with Crippen molar-refractivity contribution in [1.82, 2.24) is 20.5 Å². The van der Waals surface area contributed by atoms with E-state index in [1.807, 2.05) is 7.05 Å². The standard InChI is InChI=1S/C19H37N5S.HI/c1-15(2)24(16(3)4)13-9-12-22-19(20-6)21-11-8-7-10-18-23-17(5)14-25-18;/h14-16H,7-13H2,1-6H3,(H2,20,21,22);1H. The fourth-order valence-corrected chi connectivity index (χ4v) is 3.75. The molecule has 0 fully saturated rings. The van der Waals surface area contributed by atoms with Crippen LogP contribution in [0.2, 0.25) is 0 Å². The number of hydrogen-bond acceptors (Lipinski definition) is 4. The van der Waals surface area contributed by atoms with E-state index in [0.29, 0.717) is 12.1 Å². The molecular formula is C19H38IN5S. The van der Waals surface area contributed by atoms with Crippen molar-refractivity contribution >= 4 is 41.3 Å². The van der Waals surface area contributed by atoms with Gasteiger partial charge >= 0.3 is 0 Å². The Morgan fingerprint density at radius 1 is 1.12 bits per heavy atom. The third kappa shape index (κ3) is 10.7. The average molecular weight is 496 g/mol. The SMILES string of the molecule is CN=C(NCCCCc1nc(C)cs1)NCCCN(C(C)C)C(C)C.I. The first-order valence-corrected chi connectivity index (χ1v) is 10.4. The average Bonchev–Trinajstić information content (AvgIpc) is 2.97. The monoisotopic (exact) mass is 495 g/mol. The molecule has 2 N–H and O–H groups in total. The molecule has 0 aromatic carbocycles. The summed E-state index contributed by atoms with van der Waals surface area (Å²) in [6, 6.07) is 1.19. The van der Waals surface area contributed by atoms with Gasteiger partial charge in [-0.25, -0.2) is 4.98 Å². The van der Waals surface area contributed by atoms with Crippen molar-refractivity contribution < 1.29 is 0 Å². The summed E-state index contributed by atoms with van der Waals surface area (Å²) in [5.41, 5.74) is 1.14. The van der Waals surface area contributed by atoms with Crippen LogP contribution in [0, 0.1) is 6.92 Å². The van der Waals surface area contributed by atoms with E-state index in [1.165, 1.54) is 5.01 Å². The summed E-state index contributed by atoms with van der Waals surface area (Å²) in [6.45, 7) is 14.1. The summed E-state index contributed by atoms with van der Waals surface area (Å²) in [6.07, 6.45) is 4.50. The van der Waals surface area contributed by atoms with Gasteiger partial charge in [-0.05, 0) is 60.3 Å². The predicted octanol–water partition coefficient (Wildman–Crippen LogP) is 4.07. The third-order valence-corrected chi connectivity index (χ3v) is 5.24. The van der Waals surface area contributed by atoms with Crippen LogP contribution in [0.5, 0.6) is 0 Å². The van der Waals surface area contributed by atoms with E-state index in [0.717, 1.165) is 57.0 Å². The van der Waals surface area contributed by atoms with Gasteiger partial charge in [-0.3, -0.25) is 9.89 Å². The summed E-state index contributed by atoms with van der Waals surface area (Å²) in [7, 11) is 1.84. The number of nitrogens with zero attached hydrogens (tertiary/aromatic N) is 3. The molecule has 1 rings (SSSR count). The summed E-state index contributed by atoms with van der Waals surface area (Å²) in [5.74, 6) is 0.908. The van der Waals surface area contributed by atoms with Crippen LogP contribution in [0.25, 0.3) is 0 Å². The molecule has 0 aliphatic heterocycles. The summed E-state index contributed by atoms with van der Waals surface area (Å²) in [5, 5.41) is 10.2. The molecule has 26 heavy (non-hydrogen) atoms. The van der Waals surface area contributed by atoms with Crippen molar-refractivity contribution in [3.05, 3.63) is 16.1 Å². The van der Waals surface area contributed by atoms with Gasteiger partial charge in [-0.15, -0.1) is 35.3 Å². The van der Waals surface area contributed by atoms with Gasteiger partial charge in [0.05, 0.1) is 5.01 Å². The molecule has 0 amide bonds. The largest absolute Gasteiger partial charge is 0.356 e. The Morgan fingerprint density at radius 2 is 1.73 bits per heavy atom. The predicted molar refractivity (Wildman–Crippen MR) is 126 cm³/mol. The number of nitrogens with one attached hydrogen (secondary N) is 2. The molecule has 0 radical (unpaired) electrons. The highest BCUT2D eigenvalue weighted by Crippen LogP contribution is 2.11. The van der Waals surface area contributed by atoms with Crippen molar-refractivity contribution in [3.8, 4) is 0 Å². The molecule has 0 saturated heterocycles. The van der Waals surface area contributed by atoms with Crippen molar-refractivity contribution in [1.29, 1.82) is 0 Å². The molecule has 0 saturated carbocycles. The highest BCUT2D eigenvalue weighted by atomic mass is 127. The molecule has 0 bridgehead atoms. The molecule has 5 nitrogen and oxygen atoms in total. The van der Waals surface area contributed by atoms with Crippen LogP contribution < -0.4 is 10.6 Å². The Bertz CT molecular complexity index is 494. The first-order chi connectivity index (χ1) is 11.9. The number of halogens is 1. The number of rotatable bonds is 11. The van der Waals surface area contributed by atoms with Gasteiger partial charge in [-0.1, -0.05) is 0 Å². The molecule has 7 heteroatoms. The van der Waals surface area contributed by atoms with Gasteiger partial charge in [0.25, 0.3) is 0 Å². The van der Waals surface area contributed by atoms with E-state index in [2.05, 4.69) is 65.5 Å². The molecule has 152 valence electrons. The molecule has 1 aromatic heterocycles. The Hall–Kier alpha value is -0.410. The molecular weight excluding hydrogens is 457 g/mol. The zero-order chi connectivity index (χ0) is 18.7. The normalized spacial score (nSPS) is 12.0. The molecule has 0 aliphatic carbocycles. The Labute approximate surface area is 181 Å². The van der Waals surface area contributed by atoms with Crippen LogP contribution in [0.1, 0.15) is 57.7 Å². The molecule has 0 atom stereocenters. The van der Waals surface area contributed by atoms with Crippen LogP contribution in [0.4, 0.5) is 0 Å². The van der Waals surface area contributed by atoms with Crippen LogP contribution in [-0.2, 0) is 6.42 Å². The number of unbranched alkanes of at least 4 members (excludes halogenated alkanes) is 1. The zero-order valence-electron chi connectivity index (χ0n) is 17.3. The van der Waals surface area contributed by atoms with Gasteiger partial charge in [0, 0.05) is 49.8 Å². The second kappa shape index (κ2) is 14.6. The lowest BCUT2D eigenvalue weighted by Crippen LogP contribution is -2.41. The van der Waals surface area contributed by atoms with Crippen molar-refractivity contribution in [2.75, 3.05) is 26.7 Å². The summed E-state index contributed by atoms with van der Waals surface area (Å²) >= 11 is 1.77. The fraction of sp³-hybridized carbons (Fsp3) is 0.789. The number of thiazole rings is 1. The van der Waals surface area contributed by atoms with E-state index < -0.39 is 0 Å². The number of aryl methyl sites for hydroxylation is 2. The fourth-order valence-electron chi connectivity index (χ4n) is 2.93. The lowest BCUT2D eigenvalue weighted by molar-refractivity contribution is 0.173. The second-order valence-corrected chi connectivity index (χ2v) is 7.99. The van der Waals surface area contributed by atoms with Crippen molar-refractivity contribution in [2.45, 2.75) is 72.4 Å². The van der Waals surface area contributed by atoms with Gasteiger partial charge in [-0.2, -0.15) is 0 Å².